The lowest BCUT2D eigenvalue weighted by molar-refractivity contribution is 0.102. The first-order chi connectivity index (χ1) is 12.7. The van der Waals surface area contributed by atoms with Gasteiger partial charge in [-0.05, 0) is 36.6 Å². The molecule has 8 heteroatoms. The predicted octanol–water partition coefficient (Wildman–Crippen LogP) is 4.57. The summed E-state index contributed by atoms with van der Waals surface area (Å²) in [5, 5.41) is 15.3. The van der Waals surface area contributed by atoms with Crippen LogP contribution >= 0.6 is 22.7 Å². The lowest BCUT2D eigenvalue weighted by atomic mass is 10.2. The molecule has 2 N–H and O–H groups in total. The summed E-state index contributed by atoms with van der Waals surface area (Å²) in [6.07, 6.45) is 1.55. The van der Waals surface area contributed by atoms with Crippen molar-refractivity contribution in [2.75, 3.05) is 10.6 Å². The number of carbonyl (C=O) groups excluding carboxylic acids is 1. The molecule has 1 aromatic carbocycles. The van der Waals surface area contributed by atoms with Crippen LogP contribution in [0.15, 0.2) is 54.2 Å². The van der Waals surface area contributed by atoms with Crippen molar-refractivity contribution in [2.24, 2.45) is 0 Å². The lowest BCUT2D eigenvalue weighted by Gasteiger charge is -2.13. The van der Waals surface area contributed by atoms with E-state index < -0.39 is 0 Å². The van der Waals surface area contributed by atoms with Crippen LogP contribution in [0, 0.1) is 0 Å². The highest BCUT2D eigenvalue weighted by Gasteiger charge is 2.12. The van der Waals surface area contributed by atoms with Crippen LogP contribution in [0.1, 0.15) is 28.2 Å². The van der Waals surface area contributed by atoms with E-state index in [4.69, 9.17) is 0 Å². The SMILES string of the molecule is CC(Nc1ccc(C(=O)Nc2nncs2)cn1)c1cc2ccccc2s1. The summed E-state index contributed by atoms with van der Waals surface area (Å²) >= 11 is 3.04. The minimum atomic E-state index is -0.252. The highest BCUT2D eigenvalue weighted by Crippen LogP contribution is 2.31. The van der Waals surface area contributed by atoms with Gasteiger partial charge in [0.05, 0.1) is 11.6 Å². The molecule has 130 valence electrons. The van der Waals surface area contributed by atoms with E-state index in [1.54, 1.807) is 35.2 Å². The van der Waals surface area contributed by atoms with E-state index in [2.05, 4.69) is 50.9 Å². The quantitative estimate of drug-likeness (QED) is 0.529. The second-order valence-corrected chi connectivity index (χ2v) is 7.63. The van der Waals surface area contributed by atoms with Crippen LogP contribution in [0.25, 0.3) is 10.1 Å². The number of carbonyl (C=O) groups is 1. The molecule has 26 heavy (non-hydrogen) atoms. The molecule has 1 atom stereocenters. The molecule has 0 bridgehead atoms. The van der Waals surface area contributed by atoms with Crippen LogP contribution in [0.2, 0.25) is 0 Å². The number of nitrogens with one attached hydrogen (secondary N) is 2. The van der Waals surface area contributed by atoms with Gasteiger partial charge in [0, 0.05) is 15.8 Å². The Morgan fingerprint density at radius 2 is 2.08 bits per heavy atom. The van der Waals surface area contributed by atoms with E-state index in [0.717, 1.165) is 5.82 Å². The fourth-order valence-corrected chi connectivity index (χ4v) is 4.03. The summed E-state index contributed by atoms with van der Waals surface area (Å²) in [5.74, 6) is 0.473. The number of pyridine rings is 1. The summed E-state index contributed by atoms with van der Waals surface area (Å²) < 4.78 is 1.27. The van der Waals surface area contributed by atoms with Gasteiger partial charge >= 0.3 is 0 Å². The van der Waals surface area contributed by atoms with E-state index in [9.17, 15) is 4.79 Å². The van der Waals surface area contributed by atoms with E-state index in [1.807, 2.05) is 12.1 Å². The summed E-state index contributed by atoms with van der Waals surface area (Å²) in [7, 11) is 0. The van der Waals surface area contributed by atoms with Crippen molar-refractivity contribution in [3.05, 3.63) is 64.6 Å². The Balaban J connectivity index is 1.44. The topological polar surface area (TPSA) is 79.8 Å². The number of fused-ring (bicyclic) bond motifs is 1. The normalized spacial score (nSPS) is 12.0. The number of amides is 1. The molecule has 0 saturated heterocycles. The Bertz CT molecular complexity index is 994. The fourth-order valence-electron chi connectivity index (χ4n) is 2.52. The van der Waals surface area contributed by atoms with Crippen molar-refractivity contribution in [2.45, 2.75) is 13.0 Å². The van der Waals surface area contributed by atoms with Gasteiger partial charge in [0.2, 0.25) is 5.13 Å². The average Bonchev–Trinajstić information content (AvgIpc) is 3.31. The molecule has 0 saturated carbocycles. The zero-order chi connectivity index (χ0) is 17.9. The first-order valence-corrected chi connectivity index (χ1v) is 9.67. The number of anilines is 2. The van der Waals surface area contributed by atoms with Gasteiger partial charge in [-0.15, -0.1) is 21.5 Å². The van der Waals surface area contributed by atoms with E-state index in [0.29, 0.717) is 10.7 Å². The minimum Gasteiger partial charge on any atom is -0.363 e. The van der Waals surface area contributed by atoms with Gasteiger partial charge in [-0.2, -0.15) is 0 Å². The Labute approximate surface area is 157 Å². The molecule has 3 heterocycles. The van der Waals surface area contributed by atoms with Gasteiger partial charge in [-0.1, -0.05) is 29.5 Å². The maximum atomic E-state index is 12.1. The summed E-state index contributed by atoms with van der Waals surface area (Å²) in [4.78, 5) is 17.7. The molecular weight excluding hydrogens is 366 g/mol. The van der Waals surface area contributed by atoms with Crippen LogP contribution in [0.5, 0.6) is 0 Å². The molecule has 1 unspecified atom stereocenters. The van der Waals surface area contributed by atoms with Crippen LogP contribution in [0.4, 0.5) is 10.9 Å². The number of hydrogen-bond acceptors (Lipinski definition) is 7. The largest absolute Gasteiger partial charge is 0.363 e. The van der Waals surface area contributed by atoms with Crippen LogP contribution < -0.4 is 10.6 Å². The standard InChI is InChI=1S/C18H15N5OS2/c1-11(15-8-12-4-2-3-5-14(12)26-15)21-16-7-6-13(9-19-16)17(24)22-18-23-20-10-25-18/h2-11H,1H3,(H,19,21)(H,22,23,24). The average molecular weight is 381 g/mol. The zero-order valence-corrected chi connectivity index (χ0v) is 15.5. The minimum absolute atomic E-state index is 0.126. The molecular formula is C18H15N5OS2. The van der Waals surface area contributed by atoms with Crippen molar-refractivity contribution in [3.63, 3.8) is 0 Å². The highest BCUT2D eigenvalue weighted by atomic mass is 32.1. The van der Waals surface area contributed by atoms with Crippen molar-refractivity contribution >= 4 is 49.6 Å². The molecule has 0 aliphatic rings. The molecule has 4 rings (SSSR count). The molecule has 4 aromatic rings. The zero-order valence-electron chi connectivity index (χ0n) is 13.8. The third-order valence-corrected chi connectivity index (χ3v) is 5.75. The van der Waals surface area contributed by atoms with Crippen molar-refractivity contribution in [1.29, 1.82) is 0 Å². The summed E-state index contributed by atoms with van der Waals surface area (Å²) in [5.41, 5.74) is 2.04. The number of hydrogen-bond donors (Lipinski definition) is 2. The molecule has 0 fully saturated rings. The van der Waals surface area contributed by atoms with Crippen molar-refractivity contribution in [1.82, 2.24) is 15.2 Å². The smallest absolute Gasteiger partial charge is 0.259 e. The van der Waals surface area contributed by atoms with Gasteiger partial charge in [-0.3, -0.25) is 10.1 Å². The summed E-state index contributed by atoms with van der Waals surface area (Å²) in [6, 6.07) is 14.2. The Morgan fingerprint density at radius 1 is 1.19 bits per heavy atom. The number of aromatic nitrogens is 3. The van der Waals surface area contributed by atoms with Crippen molar-refractivity contribution < 1.29 is 4.79 Å². The van der Waals surface area contributed by atoms with Gasteiger partial charge < -0.3 is 5.32 Å². The third kappa shape index (κ3) is 3.56. The Morgan fingerprint density at radius 3 is 2.81 bits per heavy atom. The monoisotopic (exact) mass is 381 g/mol. The fraction of sp³-hybridized carbons (Fsp3) is 0.111. The molecule has 0 aliphatic carbocycles. The second-order valence-electron chi connectivity index (χ2n) is 5.68. The van der Waals surface area contributed by atoms with E-state index >= 15 is 0 Å². The number of rotatable bonds is 5. The molecule has 6 nitrogen and oxygen atoms in total. The number of thiophene rings is 1. The highest BCUT2D eigenvalue weighted by molar-refractivity contribution is 7.19. The first kappa shape index (κ1) is 16.6. The van der Waals surface area contributed by atoms with Crippen LogP contribution in [0.3, 0.4) is 0 Å². The first-order valence-electron chi connectivity index (χ1n) is 7.97. The maximum absolute atomic E-state index is 12.1. The van der Waals surface area contributed by atoms with Gasteiger partial charge in [0.15, 0.2) is 0 Å². The molecule has 0 radical (unpaired) electrons. The van der Waals surface area contributed by atoms with Crippen molar-refractivity contribution in [3.8, 4) is 0 Å². The maximum Gasteiger partial charge on any atom is 0.259 e. The second kappa shape index (κ2) is 7.19. The van der Waals surface area contributed by atoms with Crippen LogP contribution in [-0.2, 0) is 0 Å². The number of nitrogens with zero attached hydrogens (tertiary/aromatic N) is 3. The Hall–Kier alpha value is -2.84. The molecule has 1 amide bonds. The number of benzene rings is 1. The molecule has 0 spiro atoms. The van der Waals surface area contributed by atoms with E-state index in [1.165, 1.54) is 26.3 Å². The lowest BCUT2D eigenvalue weighted by Crippen LogP contribution is -2.13. The van der Waals surface area contributed by atoms with E-state index in [-0.39, 0.29) is 11.9 Å². The Kier molecular flexibility index (Phi) is 4.59. The van der Waals surface area contributed by atoms with Gasteiger partial charge in [-0.25, -0.2) is 4.98 Å². The predicted molar refractivity (Wildman–Crippen MR) is 106 cm³/mol. The molecule has 0 aliphatic heterocycles. The van der Waals surface area contributed by atoms with Gasteiger partial charge in [0.25, 0.3) is 5.91 Å². The molecule has 3 aromatic heterocycles. The van der Waals surface area contributed by atoms with Crippen LogP contribution in [-0.4, -0.2) is 21.1 Å². The summed E-state index contributed by atoms with van der Waals surface area (Å²) in [6.45, 7) is 2.10. The van der Waals surface area contributed by atoms with Gasteiger partial charge in [0.1, 0.15) is 11.3 Å². The third-order valence-electron chi connectivity index (χ3n) is 3.84.